The van der Waals surface area contributed by atoms with Gasteiger partial charge < -0.3 is 10.1 Å². The fourth-order valence-electron chi connectivity index (χ4n) is 2.26. The third kappa shape index (κ3) is 5.73. The molecule has 0 bridgehead atoms. The summed E-state index contributed by atoms with van der Waals surface area (Å²) in [6.45, 7) is 5.13. The van der Waals surface area contributed by atoms with Gasteiger partial charge in [-0.3, -0.25) is 4.79 Å². The number of thioether (sulfide) groups is 1. The molecule has 2 rings (SSSR count). The molecule has 0 radical (unpaired) electrons. The Morgan fingerprint density at radius 2 is 1.83 bits per heavy atom. The average Bonchev–Trinajstić information content (AvgIpc) is 2.58. The molecular weight excluding hydrogens is 306 g/mol. The molecule has 1 atom stereocenters. The van der Waals surface area contributed by atoms with Crippen molar-refractivity contribution in [2.75, 3.05) is 18.9 Å². The summed E-state index contributed by atoms with van der Waals surface area (Å²) in [6.07, 6.45) is -0.103. The fourth-order valence-corrected chi connectivity index (χ4v) is 3.12. The largest absolute Gasteiger partial charge is 0.372 e. The van der Waals surface area contributed by atoms with E-state index in [1.165, 1.54) is 5.56 Å². The molecule has 0 heterocycles. The van der Waals surface area contributed by atoms with Gasteiger partial charge in [-0.2, -0.15) is 0 Å². The van der Waals surface area contributed by atoms with E-state index in [4.69, 9.17) is 4.74 Å². The van der Waals surface area contributed by atoms with E-state index in [9.17, 15) is 4.79 Å². The summed E-state index contributed by atoms with van der Waals surface area (Å²) in [5, 5.41) is 2.97. The molecule has 0 unspecified atom stereocenters. The number of rotatable bonds is 8. The number of carbonyl (C=O) groups excluding carboxylic acids is 1. The van der Waals surface area contributed by atoms with E-state index in [0.29, 0.717) is 18.9 Å². The van der Waals surface area contributed by atoms with E-state index in [1.54, 1.807) is 11.8 Å². The minimum Gasteiger partial charge on any atom is -0.372 e. The summed E-state index contributed by atoms with van der Waals surface area (Å²) in [5.41, 5.74) is 2.28. The van der Waals surface area contributed by atoms with Gasteiger partial charge >= 0.3 is 0 Å². The van der Waals surface area contributed by atoms with Crippen LogP contribution in [0.2, 0.25) is 0 Å². The molecule has 122 valence electrons. The zero-order valence-corrected chi connectivity index (χ0v) is 14.4. The van der Waals surface area contributed by atoms with Gasteiger partial charge in [-0.05, 0) is 31.0 Å². The number of ether oxygens (including phenoxy) is 1. The standard InChI is InChI=1S/C19H23NO2S/c1-3-22-17(16-10-5-4-6-11-16)13-20-19(21)14-23-18-12-8-7-9-15(18)2/h4-12,17H,3,13-14H2,1-2H3,(H,20,21)/t17-/m1/s1. The van der Waals surface area contributed by atoms with Crippen LogP contribution >= 0.6 is 11.8 Å². The second-order valence-corrected chi connectivity index (χ2v) is 6.23. The second kappa shape index (κ2) is 9.38. The van der Waals surface area contributed by atoms with Gasteiger partial charge in [-0.15, -0.1) is 11.8 Å². The Morgan fingerprint density at radius 1 is 1.13 bits per heavy atom. The maximum atomic E-state index is 12.1. The van der Waals surface area contributed by atoms with Crippen molar-refractivity contribution in [1.29, 1.82) is 0 Å². The molecule has 2 aromatic rings. The summed E-state index contributed by atoms with van der Waals surface area (Å²) in [6, 6.07) is 18.1. The van der Waals surface area contributed by atoms with Crippen LogP contribution in [0.3, 0.4) is 0 Å². The number of hydrogen-bond donors (Lipinski definition) is 1. The normalized spacial score (nSPS) is 11.9. The number of nitrogens with one attached hydrogen (secondary N) is 1. The lowest BCUT2D eigenvalue weighted by Crippen LogP contribution is -2.30. The smallest absolute Gasteiger partial charge is 0.230 e. The van der Waals surface area contributed by atoms with Crippen LogP contribution in [0.25, 0.3) is 0 Å². The molecular formula is C19H23NO2S. The SMILES string of the molecule is CCO[C@H](CNC(=O)CSc1ccccc1C)c1ccccc1. The van der Waals surface area contributed by atoms with Crippen molar-refractivity contribution in [2.45, 2.75) is 24.8 Å². The van der Waals surface area contributed by atoms with Crippen molar-refractivity contribution in [2.24, 2.45) is 0 Å². The maximum absolute atomic E-state index is 12.1. The summed E-state index contributed by atoms with van der Waals surface area (Å²) in [7, 11) is 0. The molecule has 0 fully saturated rings. The maximum Gasteiger partial charge on any atom is 0.230 e. The van der Waals surface area contributed by atoms with Crippen LogP contribution in [0.15, 0.2) is 59.5 Å². The molecule has 0 aromatic heterocycles. The zero-order valence-electron chi connectivity index (χ0n) is 13.6. The monoisotopic (exact) mass is 329 g/mol. The van der Waals surface area contributed by atoms with Crippen LogP contribution in [0, 0.1) is 6.92 Å². The topological polar surface area (TPSA) is 38.3 Å². The van der Waals surface area contributed by atoms with Gasteiger partial charge in [0.25, 0.3) is 0 Å². The first-order chi connectivity index (χ1) is 11.2. The quantitative estimate of drug-likeness (QED) is 0.745. The molecule has 3 nitrogen and oxygen atoms in total. The molecule has 0 spiro atoms. The van der Waals surface area contributed by atoms with E-state index in [1.807, 2.05) is 55.5 Å². The Labute approximate surface area is 142 Å². The Bertz CT molecular complexity index is 616. The molecule has 1 N–H and O–H groups in total. The van der Waals surface area contributed by atoms with Gasteiger partial charge in [0, 0.05) is 18.0 Å². The van der Waals surface area contributed by atoms with E-state index < -0.39 is 0 Å². The average molecular weight is 329 g/mol. The Balaban J connectivity index is 1.83. The summed E-state index contributed by atoms with van der Waals surface area (Å²) < 4.78 is 5.74. The highest BCUT2D eigenvalue weighted by molar-refractivity contribution is 8.00. The molecule has 1 amide bonds. The van der Waals surface area contributed by atoms with Crippen LogP contribution in [0.4, 0.5) is 0 Å². The van der Waals surface area contributed by atoms with Crippen LogP contribution in [-0.4, -0.2) is 24.8 Å². The Hall–Kier alpha value is -1.78. The van der Waals surface area contributed by atoms with Crippen molar-refractivity contribution in [1.82, 2.24) is 5.32 Å². The zero-order chi connectivity index (χ0) is 16.5. The van der Waals surface area contributed by atoms with Gasteiger partial charge in [0.05, 0.1) is 11.9 Å². The van der Waals surface area contributed by atoms with Gasteiger partial charge in [-0.25, -0.2) is 0 Å². The van der Waals surface area contributed by atoms with Gasteiger partial charge in [0.2, 0.25) is 5.91 Å². The third-order valence-electron chi connectivity index (χ3n) is 3.48. The molecule has 0 aliphatic rings. The lowest BCUT2D eigenvalue weighted by molar-refractivity contribution is -0.119. The number of aryl methyl sites for hydroxylation is 1. The van der Waals surface area contributed by atoms with E-state index in [0.717, 1.165) is 10.5 Å². The second-order valence-electron chi connectivity index (χ2n) is 5.21. The predicted molar refractivity (Wildman–Crippen MR) is 95.7 cm³/mol. The molecule has 4 heteroatoms. The van der Waals surface area contributed by atoms with Gasteiger partial charge in [0.15, 0.2) is 0 Å². The summed E-state index contributed by atoms with van der Waals surface area (Å²) in [4.78, 5) is 13.2. The first kappa shape index (κ1) is 17.6. The number of amides is 1. The van der Waals surface area contributed by atoms with Crippen molar-refractivity contribution < 1.29 is 9.53 Å². The molecule has 0 saturated carbocycles. The van der Waals surface area contributed by atoms with E-state index in [2.05, 4.69) is 18.3 Å². The predicted octanol–water partition coefficient (Wildman–Crippen LogP) is 3.98. The lowest BCUT2D eigenvalue weighted by Gasteiger charge is -2.18. The van der Waals surface area contributed by atoms with Gasteiger partial charge in [-0.1, -0.05) is 48.5 Å². The van der Waals surface area contributed by atoms with Crippen molar-refractivity contribution in [3.63, 3.8) is 0 Å². The Morgan fingerprint density at radius 3 is 2.52 bits per heavy atom. The molecule has 0 aliphatic heterocycles. The Kier molecular flexibility index (Phi) is 7.17. The third-order valence-corrected chi connectivity index (χ3v) is 4.65. The minimum absolute atomic E-state index is 0.0267. The highest BCUT2D eigenvalue weighted by Gasteiger charge is 2.13. The highest BCUT2D eigenvalue weighted by Crippen LogP contribution is 2.21. The molecule has 2 aromatic carbocycles. The number of benzene rings is 2. The molecule has 23 heavy (non-hydrogen) atoms. The highest BCUT2D eigenvalue weighted by atomic mass is 32.2. The van der Waals surface area contributed by atoms with E-state index in [-0.39, 0.29) is 12.0 Å². The first-order valence-corrected chi connectivity index (χ1v) is 8.81. The fraction of sp³-hybridized carbons (Fsp3) is 0.316. The van der Waals surface area contributed by atoms with E-state index >= 15 is 0 Å². The minimum atomic E-state index is -0.103. The van der Waals surface area contributed by atoms with Crippen molar-refractivity contribution in [3.8, 4) is 0 Å². The summed E-state index contributed by atoms with van der Waals surface area (Å²) >= 11 is 1.56. The summed E-state index contributed by atoms with van der Waals surface area (Å²) in [5.74, 6) is 0.442. The van der Waals surface area contributed by atoms with Crippen LogP contribution in [0.1, 0.15) is 24.2 Å². The van der Waals surface area contributed by atoms with Crippen LogP contribution in [-0.2, 0) is 9.53 Å². The van der Waals surface area contributed by atoms with Crippen LogP contribution in [0.5, 0.6) is 0 Å². The molecule has 0 aliphatic carbocycles. The lowest BCUT2D eigenvalue weighted by atomic mass is 10.1. The first-order valence-electron chi connectivity index (χ1n) is 7.82. The number of hydrogen-bond acceptors (Lipinski definition) is 3. The van der Waals surface area contributed by atoms with Crippen molar-refractivity contribution >= 4 is 17.7 Å². The van der Waals surface area contributed by atoms with Crippen molar-refractivity contribution in [3.05, 3.63) is 65.7 Å². The number of carbonyl (C=O) groups is 1. The van der Waals surface area contributed by atoms with Gasteiger partial charge in [0.1, 0.15) is 0 Å². The molecule has 0 saturated heterocycles. The van der Waals surface area contributed by atoms with Crippen LogP contribution < -0.4 is 5.32 Å².